The molecule has 0 unspecified atom stereocenters. The number of aromatic hydroxyl groups is 1. The Balaban J connectivity index is 1.83. The normalized spacial score (nSPS) is 23.4. The molecule has 0 aliphatic heterocycles. The van der Waals surface area contributed by atoms with Crippen molar-refractivity contribution in [2.45, 2.75) is 17.8 Å². The third kappa shape index (κ3) is 3.52. The van der Waals surface area contributed by atoms with E-state index in [-0.39, 0.29) is 28.1 Å². The third-order valence-corrected chi connectivity index (χ3v) is 7.66. The number of Topliss-reactive ketones (excluding diaryl/α,β-unsaturated/α-hetero) is 1. The van der Waals surface area contributed by atoms with Gasteiger partial charge in [0, 0.05) is 17.4 Å². The van der Waals surface area contributed by atoms with Crippen molar-refractivity contribution in [2.24, 2.45) is 5.92 Å². The number of methoxy groups -OCH3 is 1. The predicted molar refractivity (Wildman–Crippen MR) is 141 cm³/mol. The number of fused-ring (bicyclic) bond motifs is 1. The highest BCUT2D eigenvalue weighted by molar-refractivity contribution is 6.33. The lowest BCUT2D eigenvalue weighted by Gasteiger charge is -2.49. The minimum absolute atomic E-state index is 0.0779. The van der Waals surface area contributed by atoms with Gasteiger partial charge in [-0.05, 0) is 46.9 Å². The molecule has 2 aliphatic rings. The van der Waals surface area contributed by atoms with E-state index in [0.717, 1.165) is 16.7 Å². The molecule has 0 saturated heterocycles. The van der Waals surface area contributed by atoms with Gasteiger partial charge < -0.3 is 9.84 Å². The highest BCUT2D eigenvalue weighted by Crippen LogP contribution is 2.58. The monoisotopic (exact) mass is 496 g/mol. The summed E-state index contributed by atoms with van der Waals surface area (Å²) >= 11 is 6.40. The molecule has 3 aromatic carbocycles. The van der Waals surface area contributed by atoms with Crippen molar-refractivity contribution in [3.63, 3.8) is 0 Å². The molecule has 0 heterocycles. The number of ether oxygens (including phenoxy) is 1. The first-order valence-electron chi connectivity index (χ1n) is 11.7. The maximum absolute atomic E-state index is 14.4. The standard InChI is InChI=1S/C31H25ClO4/c1-3-19-14-15-24-29(34)23(20-10-6-4-7-11-20)18-27(33)31(24,22-12-8-5-9-13-22)28(19)21-16-25(32)30(35)26(17-21)36-2/h3-14,16-18,24,28,35H,1,15H2,2H3/t24-,28+,31-/m0/s1. The van der Waals surface area contributed by atoms with Gasteiger partial charge in [0.2, 0.25) is 0 Å². The molecule has 1 N–H and O–H groups in total. The minimum Gasteiger partial charge on any atom is -0.503 e. The fourth-order valence-corrected chi connectivity index (χ4v) is 6.02. The summed E-state index contributed by atoms with van der Waals surface area (Å²) in [6, 6.07) is 22.1. The fourth-order valence-electron chi connectivity index (χ4n) is 5.80. The second-order valence-corrected chi connectivity index (χ2v) is 9.48. The zero-order valence-electron chi connectivity index (χ0n) is 19.8. The molecular formula is C31H25ClO4. The topological polar surface area (TPSA) is 63.6 Å². The summed E-state index contributed by atoms with van der Waals surface area (Å²) in [5.74, 6) is -1.43. The number of ketones is 2. The van der Waals surface area contributed by atoms with Crippen LogP contribution in [-0.4, -0.2) is 23.8 Å². The van der Waals surface area contributed by atoms with Crippen LogP contribution < -0.4 is 4.74 Å². The van der Waals surface area contributed by atoms with Gasteiger partial charge in [-0.1, -0.05) is 91.0 Å². The summed E-state index contributed by atoms with van der Waals surface area (Å²) < 4.78 is 5.38. The SMILES string of the molecule is C=CC1=CC[C@H]2C(=O)C(c3ccccc3)=CC(=O)[C@@]2(c2ccccc2)[C@H]1c1cc(Cl)c(O)c(OC)c1. The average Bonchev–Trinajstić information content (AvgIpc) is 2.92. The van der Waals surface area contributed by atoms with E-state index in [1.807, 2.05) is 66.7 Å². The van der Waals surface area contributed by atoms with E-state index in [0.29, 0.717) is 17.6 Å². The van der Waals surface area contributed by atoms with Crippen molar-refractivity contribution in [1.29, 1.82) is 0 Å². The molecule has 5 heteroatoms. The summed E-state index contributed by atoms with van der Waals surface area (Å²) in [7, 11) is 1.44. The Kier molecular flexibility index (Phi) is 6.15. The number of halogens is 1. The molecule has 0 spiro atoms. The summed E-state index contributed by atoms with van der Waals surface area (Å²) in [5, 5.41) is 10.5. The van der Waals surface area contributed by atoms with Crippen molar-refractivity contribution in [2.75, 3.05) is 7.11 Å². The van der Waals surface area contributed by atoms with E-state index in [1.54, 1.807) is 18.2 Å². The first kappa shape index (κ1) is 23.8. The molecule has 0 amide bonds. The van der Waals surface area contributed by atoms with Crippen LogP contribution in [0.5, 0.6) is 11.5 Å². The van der Waals surface area contributed by atoms with Crippen LogP contribution in [0.25, 0.3) is 5.57 Å². The van der Waals surface area contributed by atoms with Crippen molar-refractivity contribution < 1.29 is 19.4 Å². The zero-order chi connectivity index (χ0) is 25.4. The van der Waals surface area contributed by atoms with Gasteiger partial charge in [0.15, 0.2) is 23.1 Å². The Morgan fingerprint density at radius 2 is 1.72 bits per heavy atom. The van der Waals surface area contributed by atoms with Crippen molar-refractivity contribution >= 4 is 28.7 Å². The van der Waals surface area contributed by atoms with Gasteiger partial charge in [-0.15, -0.1) is 0 Å². The van der Waals surface area contributed by atoms with Crippen LogP contribution in [0.4, 0.5) is 0 Å². The molecule has 0 bridgehead atoms. The van der Waals surface area contributed by atoms with Crippen LogP contribution >= 0.6 is 11.6 Å². The Bertz CT molecular complexity index is 1420. The number of rotatable bonds is 5. The van der Waals surface area contributed by atoms with Crippen LogP contribution in [0.2, 0.25) is 5.02 Å². The first-order valence-corrected chi connectivity index (χ1v) is 12.1. The largest absolute Gasteiger partial charge is 0.503 e. The molecule has 0 aromatic heterocycles. The molecule has 2 aliphatic carbocycles. The van der Waals surface area contributed by atoms with Gasteiger partial charge >= 0.3 is 0 Å². The highest BCUT2D eigenvalue weighted by Gasteiger charge is 2.59. The van der Waals surface area contributed by atoms with Gasteiger partial charge in [-0.3, -0.25) is 9.59 Å². The predicted octanol–water partition coefficient (Wildman–Crippen LogP) is 6.44. The number of carbonyl (C=O) groups is 2. The van der Waals surface area contributed by atoms with E-state index >= 15 is 0 Å². The lowest BCUT2D eigenvalue weighted by molar-refractivity contribution is -0.131. The number of benzene rings is 3. The molecule has 0 fully saturated rings. The maximum atomic E-state index is 14.4. The van der Waals surface area contributed by atoms with Gasteiger partial charge in [-0.2, -0.15) is 0 Å². The van der Waals surface area contributed by atoms with Crippen LogP contribution in [0.15, 0.2) is 103 Å². The van der Waals surface area contributed by atoms with Crippen LogP contribution in [-0.2, 0) is 15.0 Å². The molecule has 36 heavy (non-hydrogen) atoms. The van der Waals surface area contributed by atoms with E-state index in [2.05, 4.69) is 6.58 Å². The molecule has 3 atom stereocenters. The number of hydrogen-bond acceptors (Lipinski definition) is 4. The zero-order valence-corrected chi connectivity index (χ0v) is 20.5. The number of phenolic OH excluding ortho intramolecular Hbond substituents is 1. The Morgan fingerprint density at radius 1 is 1.06 bits per heavy atom. The van der Waals surface area contributed by atoms with Gasteiger partial charge in [0.1, 0.15) is 0 Å². The number of allylic oxidation sites excluding steroid dienone is 5. The van der Waals surface area contributed by atoms with E-state index in [4.69, 9.17) is 16.3 Å². The van der Waals surface area contributed by atoms with Gasteiger partial charge in [0.05, 0.1) is 17.5 Å². The van der Waals surface area contributed by atoms with Crippen molar-refractivity contribution in [3.8, 4) is 11.5 Å². The lowest BCUT2D eigenvalue weighted by Crippen LogP contribution is -2.54. The van der Waals surface area contributed by atoms with E-state index in [1.165, 1.54) is 13.2 Å². The molecule has 3 aromatic rings. The lowest BCUT2D eigenvalue weighted by atomic mass is 9.50. The number of phenols is 1. The summed E-state index contributed by atoms with van der Waals surface area (Å²) in [6.45, 7) is 4.02. The van der Waals surface area contributed by atoms with Crippen LogP contribution in [0, 0.1) is 5.92 Å². The third-order valence-electron chi connectivity index (χ3n) is 7.37. The van der Waals surface area contributed by atoms with E-state index in [9.17, 15) is 14.7 Å². The molecule has 4 nitrogen and oxygen atoms in total. The maximum Gasteiger partial charge on any atom is 0.176 e. The Morgan fingerprint density at radius 3 is 2.36 bits per heavy atom. The second kappa shape index (κ2) is 9.29. The molecule has 5 rings (SSSR count). The highest BCUT2D eigenvalue weighted by atomic mass is 35.5. The Labute approximate surface area is 215 Å². The molecule has 180 valence electrons. The van der Waals surface area contributed by atoms with Gasteiger partial charge in [-0.25, -0.2) is 0 Å². The molecular weight excluding hydrogens is 472 g/mol. The quantitative estimate of drug-likeness (QED) is 0.441. The smallest absolute Gasteiger partial charge is 0.176 e. The summed E-state index contributed by atoms with van der Waals surface area (Å²) in [5.41, 5.74) is 2.15. The summed E-state index contributed by atoms with van der Waals surface area (Å²) in [4.78, 5) is 28.6. The van der Waals surface area contributed by atoms with Crippen molar-refractivity contribution in [3.05, 3.63) is 125 Å². The average molecular weight is 497 g/mol. The van der Waals surface area contributed by atoms with Gasteiger partial charge in [0.25, 0.3) is 0 Å². The summed E-state index contributed by atoms with van der Waals surface area (Å²) in [6.07, 6.45) is 5.60. The molecule has 0 saturated carbocycles. The Hall–Kier alpha value is -3.89. The van der Waals surface area contributed by atoms with Crippen LogP contribution in [0.3, 0.4) is 0 Å². The van der Waals surface area contributed by atoms with E-state index < -0.39 is 17.3 Å². The van der Waals surface area contributed by atoms with Crippen LogP contribution in [0.1, 0.15) is 29.0 Å². The number of carbonyl (C=O) groups excluding carboxylic acids is 2. The fraction of sp³-hybridized carbons (Fsp3) is 0.161. The molecule has 0 radical (unpaired) electrons. The first-order chi connectivity index (χ1) is 17.4. The van der Waals surface area contributed by atoms with Crippen molar-refractivity contribution in [1.82, 2.24) is 0 Å². The minimum atomic E-state index is -1.22. The number of hydrogen-bond donors (Lipinski definition) is 1. The second-order valence-electron chi connectivity index (χ2n) is 9.07.